The highest BCUT2D eigenvalue weighted by atomic mass is 19.3. The molecule has 6 nitrogen and oxygen atoms in total. The van der Waals surface area contributed by atoms with Gasteiger partial charge < -0.3 is 14.9 Å². The van der Waals surface area contributed by atoms with E-state index in [1.807, 2.05) is 0 Å². The van der Waals surface area contributed by atoms with Gasteiger partial charge in [0, 0.05) is 0 Å². The van der Waals surface area contributed by atoms with Crippen molar-refractivity contribution in [3.05, 3.63) is 33.3 Å². The van der Waals surface area contributed by atoms with Crippen molar-refractivity contribution in [2.45, 2.75) is 13.3 Å². The van der Waals surface area contributed by atoms with Gasteiger partial charge in [-0.15, -0.1) is 0 Å². The summed E-state index contributed by atoms with van der Waals surface area (Å²) in [6.07, 6.45) is -3.13. The van der Waals surface area contributed by atoms with Crippen molar-refractivity contribution in [2.75, 3.05) is 6.61 Å². The molecule has 0 aromatic carbocycles. The smallest absolute Gasteiger partial charge is 0.378 e. The molecule has 0 bridgehead atoms. The van der Waals surface area contributed by atoms with Crippen LogP contribution in [-0.2, 0) is 4.74 Å². The number of aromatic nitrogens is 1. The van der Waals surface area contributed by atoms with Gasteiger partial charge in [-0.3, -0.25) is 0 Å². The lowest BCUT2D eigenvalue weighted by molar-refractivity contribution is -0.390. The number of pyridine rings is 1. The van der Waals surface area contributed by atoms with E-state index in [9.17, 15) is 28.1 Å². The number of nitrogens with zero attached hydrogens (tertiary/aromatic N) is 2. The van der Waals surface area contributed by atoms with E-state index in [0.29, 0.717) is 0 Å². The third-order valence-electron chi connectivity index (χ3n) is 1.92. The van der Waals surface area contributed by atoms with Crippen LogP contribution in [0.5, 0.6) is 0 Å². The largest absolute Gasteiger partial charge is 0.462 e. The van der Waals surface area contributed by atoms with Crippen LogP contribution >= 0.6 is 0 Å². The molecule has 1 aromatic heterocycles. The second kappa shape index (κ2) is 5.43. The Labute approximate surface area is 98.5 Å². The molecule has 0 aliphatic rings. The molecule has 98 valence electrons. The van der Waals surface area contributed by atoms with E-state index in [2.05, 4.69) is 9.72 Å². The van der Waals surface area contributed by atoms with Gasteiger partial charge in [0.05, 0.1) is 12.2 Å². The number of hydrogen-bond donors (Lipinski definition) is 0. The van der Waals surface area contributed by atoms with Crippen LogP contribution in [0.3, 0.4) is 0 Å². The maximum absolute atomic E-state index is 13.2. The average Bonchev–Trinajstić information content (AvgIpc) is 2.27. The predicted molar refractivity (Wildman–Crippen MR) is 51.8 cm³/mol. The molecular formula is C9H7F3N2O4. The van der Waals surface area contributed by atoms with Gasteiger partial charge in [-0.05, 0) is 16.8 Å². The zero-order valence-corrected chi connectivity index (χ0v) is 9.02. The Morgan fingerprint density at radius 1 is 1.61 bits per heavy atom. The van der Waals surface area contributed by atoms with Gasteiger partial charge in [0.15, 0.2) is 17.6 Å². The Morgan fingerprint density at radius 3 is 2.67 bits per heavy atom. The Bertz CT molecular complexity index is 493. The quantitative estimate of drug-likeness (QED) is 0.473. The fraction of sp³-hybridized carbons (Fsp3) is 0.333. The number of halogens is 3. The first-order chi connectivity index (χ1) is 8.40. The van der Waals surface area contributed by atoms with Gasteiger partial charge in [0.2, 0.25) is 0 Å². The molecule has 1 aromatic rings. The molecule has 18 heavy (non-hydrogen) atoms. The molecule has 9 heteroatoms. The minimum absolute atomic E-state index is 0.199. The number of ether oxygens (including phenoxy) is 1. The summed E-state index contributed by atoms with van der Waals surface area (Å²) >= 11 is 0. The number of nitro groups is 1. The normalized spacial score (nSPS) is 10.5. The molecule has 0 fully saturated rings. The lowest BCUT2D eigenvalue weighted by Gasteiger charge is -2.08. The SMILES string of the molecule is CCOC(=O)c1c([N+](=O)[O-])ncc(F)c1C(F)F. The van der Waals surface area contributed by atoms with Gasteiger partial charge in [-0.1, -0.05) is 0 Å². The summed E-state index contributed by atoms with van der Waals surface area (Å²) in [5, 5.41) is 10.6. The first kappa shape index (κ1) is 13.9. The maximum Gasteiger partial charge on any atom is 0.378 e. The molecule has 0 saturated carbocycles. The van der Waals surface area contributed by atoms with E-state index in [4.69, 9.17) is 0 Å². The Kier molecular flexibility index (Phi) is 4.18. The fourth-order valence-electron chi connectivity index (χ4n) is 1.25. The average molecular weight is 264 g/mol. The lowest BCUT2D eigenvalue weighted by atomic mass is 10.1. The zero-order chi connectivity index (χ0) is 13.9. The molecule has 0 radical (unpaired) electrons. The van der Waals surface area contributed by atoms with E-state index in [0.717, 1.165) is 0 Å². The summed E-state index contributed by atoms with van der Waals surface area (Å²) in [5.74, 6) is -4.07. The molecule has 0 unspecified atom stereocenters. The topological polar surface area (TPSA) is 82.3 Å². The van der Waals surface area contributed by atoms with E-state index in [-0.39, 0.29) is 12.8 Å². The van der Waals surface area contributed by atoms with E-state index in [1.165, 1.54) is 6.92 Å². The van der Waals surface area contributed by atoms with Crippen molar-refractivity contribution in [3.8, 4) is 0 Å². The second-order valence-corrected chi connectivity index (χ2v) is 3.00. The fourth-order valence-corrected chi connectivity index (χ4v) is 1.25. The van der Waals surface area contributed by atoms with Gasteiger partial charge in [-0.25, -0.2) is 18.0 Å². The van der Waals surface area contributed by atoms with E-state index >= 15 is 0 Å². The summed E-state index contributed by atoms with van der Waals surface area (Å²) in [4.78, 5) is 23.8. The van der Waals surface area contributed by atoms with Crippen LogP contribution in [0.15, 0.2) is 6.20 Å². The van der Waals surface area contributed by atoms with E-state index < -0.39 is 40.1 Å². The Balaban J connectivity index is 3.53. The molecule has 0 amide bonds. The first-order valence-electron chi connectivity index (χ1n) is 4.68. The summed E-state index contributed by atoms with van der Waals surface area (Å²) in [7, 11) is 0. The van der Waals surface area contributed by atoms with Gasteiger partial charge in [0.1, 0.15) is 0 Å². The summed E-state index contributed by atoms with van der Waals surface area (Å²) in [6.45, 7) is 1.17. The van der Waals surface area contributed by atoms with Crippen LogP contribution in [0.1, 0.15) is 29.3 Å². The van der Waals surface area contributed by atoms with Crippen LogP contribution in [-0.4, -0.2) is 22.5 Å². The van der Waals surface area contributed by atoms with E-state index in [1.54, 1.807) is 0 Å². The standard InChI is InChI=1S/C9H7F3N2O4/c1-2-18-9(15)6-5(7(11)12)4(10)3-13-8(6)14(16)17/h3,7H,2H2,1H3. The summed E-state index contributed by atoms with van der Waals surface area (Å²) in [6, 6.07) is 0. The third-order valence-corrected chi connectivity index (χ3v) is 1.92. The van der Waals surface area contributed by atoms with Crippen LogP contribution < -0.4 is 0 Å². The monoisotopic (exact) mass is 264 g/mol. The van der Waals surface area contributed by atoms with Crippen LogP contribution in [0.4, 0.5) is 19.0 Å². The van der Waals surface area contributed by atoms with Crippen molar-refractivity contribution in [3.63, 3.8) is 0 Å². The number of carbonyl (C=O) groups is 1. The highest BCUT2D eigenvalue weighted by Crippen LogP contribution is 2.31. The maximum atomic E-state index is 13.2. The minimum Gasteiger partial charge on any atom is -0.462 e. The van der Waals surface area contributed by atoms with Crippen LogP contribution in [0.2, 0.25) is 0 Å². The van der Waals surface area contributed by atoms with Crippen LogP contribution in [0.25, 0.3) is 0 Å². The second-order valence-electron chi connectivity index (χ2n) is 3.00. The van der Waals surface area contributed by atoms with Gasteiger partial charge in [-0.2, -0.15) is 0 Å². The van der Waals surface area contributed by atoms with Gasteiger partial charge >= 0.3 is 11.8 Å². The summed E-state index contributed by atoms with van der Waals surface area (Å²) in [5.41, 5.74) is -2.54. The Morgan fingerprint density at radius 2 is 2.22 bits per heavy atom. The van der Waals surface area contributed by atoms with Crippen molar-refractivity contribution in [1.82, 2.24) is 4.98 Å². The first-order valence-corrected chi connectivity index (χ1v) is 4.68. The minimum atomic E-state index is -3.40. The van der Waals surface area contributed by atoms with Gasteiger partial charge in [0.25, 0.3) is 6.43 Å². The van der Waals surface area contributed by atoms with Crippen molar-refractivity contribution < 1.29 is 27.6 Å². The van der Waals surface area contributed by atoms with Crippen molar-refractivity contribution >= 4 is 11.8 Å². The molecule has 0 spiro atoms. The molecule has 0 N–H and O–H groups in total. The highest BCUT2D eigenvalue weighted by Gasteiger charge is 2.34. The molecule has 0 aliphatic heterocycles. The predicted octanol–water partition coefficient (Wildman–Crippen LogP) is 2.24. The third kappa shape index (κ3) is 2.55. The molecule has 1 heterocycles. The molecule has 0 saturated heterocycles. The zero-order valence-electron chi connectivity index (χ0n) is 9.02. The number of rotatable bonds is 4. The van der Waals surface area contributed by atoms with Crippen molar-refractivity contribution in [2.24, 2.45) is 0 Å². The molecule has 0 aliphatic carbocycles. The Hall–Kier alpha value is -2.19. The molecular weight excluding hydrogens is 257 g/mol. The number of esters is 1. The number of hydrogen-bond acceptors (Lipinski definition) is 5. The highest BCUT2D eigenvalue weighted by molar-refractivity contribution is 5.94. The lowest BCUT2D eigenvalue weighted by Crippen LogP contribution is -2.14. The summed E-state index contributed by atoms with van der Waals surface area (Å²) < 4.78 is 42.8. The number of carbonyl (C=O) groups excluding carboxylic acids is 1. The van der Waals surface area contributed by atoms with Crippen LogP contribution in [0, 0.1) is 15.9 Å². The number of alkyl halides is 2. The molecule has 0 atom stereocenters. The van der Waals surface area contributed by atoms with Crippen molar-refractivity contribution in [1.29, 1.82) is 0 Å². The molecule has 1 rings (SSSR count).